The van der Waals surface area contributed by atoms with Crippen molar-refractivity contribution in [1.82, 2.24) is 5.32 Å². The summed E-state index contributed by atoms with van der Waals surface area (Å²) >= 11 is 3.67. The predicted molar refractivity (Wildman–Crippen MR) is 151 cm³/mol. The van der Waals surface area contributed by atoms with Crippen molar-refractivity contribution in [2.45, 2.75) is 38.0 Å². The number of dihydropyridines is 1. The number of esters is 1. The zero-order chi connectivity index (χ0) is 26.6. The summed E-state index contributed by atoms with van der Waals surface area (Å²) in [5, 5.41) is 3.43. The monoisotopic (exact) mass is 571 g/mol. The molecule has 0 spiro atoms. The van der Waals surface area contributed by atoms with E-state index in [1.807, 2.05) is 85.8 Å². The lowest BCUT2D eigenvalue weighted by molar-refractivity contribution is -0.139. The summed E-state index contributed by atoms with van der Waals surface area (Å²) in [4.78, 5) is 27.3. The second-order valence-electron chi connectivity index (χ2n) is 9.68. The maximum Gasteiger partial charge on any atom is 0.336 e. The molecule has 3 aromatic carbocycles. The number of methoxy groups -OCH3 is 1. The van der Waals surface area contributed by atoms with Crippen LogP contribution in [0.5, 0.6) is 5.75 Å². The van der Waals surface area contributed by atoms with Crippen LogP contribution in [0.4, 0.5) is 0 Å². The van der Waals surface area contributed by atoms with Crippen molar-refractivity contribution in [2.24, 2.45) is 0 Å². The van der Waals surface area contributed by atoms with Gasteiger partial charge < -0.3 is 14.8 Å². The van der Waals surface area contributed by atoms with Gasteiger partial charge >= 0.3 is 5.97 Å². The molecular weight excluding hydrogens is 542 g/mol. The number of ether oxygens (including phenoxy) is 2. The molecule has 1 aliphatic heterocycles. The third kappa shape index (κ3) is 5.32. The van der Waals surface area contributed by atoms with Crippen molar-refractivity contribution in [3.63, 3.8) is 0 Å². The van der Waals surface area contributed by atoms with E-state index in [0.29, 0.717) is 30.4 Å². The van der Waals surface area contributed by atoms with Gasteiger partial charge in [0.1, 0.15) is 5.75 Å². The van der Waals surface area contributed by atoms with Crippen molar-refractivity contribution >= 4 is 27.7 Å². The van der Waals surface area contributed by atoms with E-state index >= 15 is 0 Å². The number of allylic oxidation sites excluding steroid dienone is 3. The molecule has 0 amide bonds. The lowest BCUT2D eigenvalue weighted by Crippen LogP contribution is -2.36. The van der Waals surface area contributed by atoms with Crippen LogP contribution in [0.25, 0.3) is 0 Å². The molecule has 0 bridgehead atoms. The minimum absolute atomic E-state index is 0.0439. The van der Waals surface area contributed by atoms with E-state index in [9.17, 15) is 9.59 Å². The first-order valence-corrected chi connectivity index (χ1v) is 13.6. The Labute approximate surface area is 231 Å². The van der Waals surface area contributed by atoms with Gasteiger partial charge in [0, 0.05) is 40.2 Å². The Morgan fingerprint density at radius 1 is 0.974 bits per heavy atom. The van der Waals surface area contributed by atoms with E-state index in [0.717, 1.165) is 38.3 Å². The third-order valence-corrected chi connectivity index (χ3v) is 8.04. The minimum atomic E-state index is -0.504. The Hall–Kier alpha value is -3.64. The van der Waals surface area contributed by atoms with Gasteiger partial charge in [0.15, 0.2) is 5.78 Å². The highest BCUT2D eigenvalue weighted by Gasteiger charge is 2.42. The molecule has 0 saturated heterocycles. The molecule has 5 nitrogen and oxygen atoms in total. The third-order valence-electron chi connectivity index (χ3n) is 7.32. The summed E-state index contributed by atoms with van der Waals surface area (Å²) in [5.41, 5.74) is 5.82. The molecule has 2 aliphatic rings. The Kier molecular flexibility index (Phi) is 7.79. The van der Waals surface area contributed by atoms with Gasteiger partial charge in [-0.3, -0.25) is 4.79 Å². The Balaban J connectivity index is 1.46. The highest BCUT2D eigenvalue weighted by Crippen LogP contribution is 2.47. The highest BCUT2D eigenvalue weighted by molar-refractivity contribution is 9.10. The van der Waals surface area contributed by atoms with Crippen molar-refractivity contribution < 1.29 is 19.1 Å². The van der Waals surface area contributed by atoms with Crippen molar-refractivity contribution in [2.75, 3.05) is 13.7 Å². The smallest absolute Gasteiger partial charge is 0.336 e. The second-order valence-corrected chi connectivity index (χ2v) is 10.5. The van der Waals surface area contributed by atoms with Gasteiger partial charge in [-0.1, -0.05) is 76.6 Å². The van der Waals surface area contributed by atoms with Gasteiger partial charge in [0.2, 0.25) is 0 Å². The van der Waals surface area contributed by atoms with Gasteiger partial charge in [-0.05, 0) is 54.2 Å². The predicted octanol–water partition coefficient (Wildman–Crippen LogP) is 6.61. The number of Topliss-reactive ketones (excluding diaryl/α,β-unsaturated/α-hetero) is 1. The molecule has 194 valence electrons. The standard InChI is InChI=1S/C32H30BrNO4/c1-20-29(32(36)38-17-16-21-8-4-3-5-9-21)30(25-10-6-7-11-26(25)33)31-27(34-20)18-23(19-28(31)35)22-12-14-24(37-2)15-13-22/h3-15,23,30,34H,16-19H2,1-2H3/t23-,30+/m1/s1. The molecule has 2 atom stereocenters. The number of rotatable bonds is 7. The normalized spacial score (nSPS) is 19.1. The Morgan fingerprint density at radius 2 is 1.68 bits per heavy atom. The number of hydrogen-bond acceptors (Lipinski definition) is 5. The second kappa shape index (κ2) is 11.4. The maximum atomic E-state index is 13.8. The van der Waals surface area contributed by atoms with Crippen LogP contribution < -0.4 is 10.1 Å². The molecule has 0 saturated carbocycles. The molecule has 0 radical (unpaired) electrons. The molecule has 1 N–H and O–H groups in total. The molecule has 0 fully saturated rings. The van der Waals surface area contributed by atoms with Crippen LogP contribution in [0, 0.1) is 0 Å². The molecule has 6 heteroatoms. The zero-order valence-electron chi connectivity index (χ0n) is 21.5. The van der Waals surface area contributed by atoms with Gasteiger partial charge in [-0.25, -0.2) is 4.79 Å². The maximum absolute atomic E-state index is 13.8. The zero-order valence-corrected chi connectivity index (χ0v) is 23.1. The van der Waals surface area contributed by atoms with Gasteiger partial charge in [0.05, 0.1) is 19.3 Å². The number of carbonyl (C=O) groups excluding carboxylic acids is 2. The van der Waals surface area contributed by atoms with Crippen LogP contribution in [-0.2, 0) is 20.7 Å². The Bertz CT molecular complexity index is 1410. The quantitative estimate of drug-likeness (QED) is 0.323. The summed E-state index contributed by atoms with van der Waals surface area (Å²) in [5.74, 6) is -0.0254. The first-order chi connectivity index (χ1) is 18.5. The van der Waals surface area contributed by atoms with E-state index < -0.39 is 11.9 Å². The van der Waals surface area contributed by atoms with E-state index in [1.165, 1.54) is 0 Å². The molecule has 38 heavy (non-hydrogen) atoms. The number of benzene rings is 3. The first kappa shape index (κ1) is 26.0. The molecule has 5 rings (SSSR count). The lowest BCUT2D eigenvalue weighted by Gasteiger charge is -2.37. The van der Waals surface area contributed by atoms with Crippen LogP contribution in [0.15, 0.2) is 106 Å². The molecule has 3 aromatic rings. The first-order valence-electron chi connectivity index (χ1n) is 12.8. The van der Waals surface area contributed by atoms with Crippen molar-refractivity contribution in [3.05, 3.63) is 123 Å². The van der Waals surface area contributed by atoms with Crippen molar-refractivity contribution in [1.29, 1.82) is 0 Å². The fourth-order valence-corrected chi connectivity index (χ4v) is 5.94. The topological polar surface area (TPSA) is 64.6 Å². The molecule has 0 unspecified atom stereocenters. The Morgan fingerprint density at radius 3 is 2.39 bits per heavy atom. The lowest BCUT2D eigenvalue weighted by atomic mass is 9.71. The average Bonchev–Trinajstić information content (AvgIpc) is 2.93. The molecule has 0 aromatic heterocycles. The number of nitrogens with one attached hydrogen (secondary N) is 1. The van der Waals surface area contributed by atoms with Gasteiger partial charge in [-0.2, -0.15) is 0 Å². The van der Waals surface area contributed by atoms with E-state index in [2.05, 4.69) is 21.2 Å². The van der Waals surface area contributed by atoms with Crippen LogP contribution in [0.2, 0.25) is 0 Å². The van der Waals surface area contributed by atoms with E-state index in [1.54, 1.807) is 7.11 Å². The minimum Gasteiger partial charge on any atom is -0.497 e. The summed E-state index contributed by atoms with van der Waals surface area (Å²) in [6.07, 6.45) is 1.69. The number of halogens is 1. The highest BCUT2D eigenvalue weighted by atomic mass is 79.9. The SMILES string of the molecule is COc1ccc([C@H]2CC(=O)C3=C(C2)NC(C)=C(C(=O)OCCc2ccccc2)[C@@H]3c2ccccc2Br)cc1. The van der Waals surface area contributed by atoms with Crippen molar-refractivity contribution in [3.8, 4) is 5.75 Å². The van der Waals surface area contributed by atoms with E-state index in [-0.39, 0.29) is 18.3 Å². The number of carbonyl (C=O) groups is 2. The summed E-state index contributed by atoms with van der Waals surface area (Å²) in [6, 6.07) is 25.6. The van der Waals surface area contributed by atoms with Crippen LogP contribution in [0.3, 0.4) is 0 Å². The largest absolute Gasteiger partial charge is 0.497 e. The fraction of sp³-hybridized carbons (Fsp3) is 0.250. The summed E-state index contributed by atoms with van der Waals surface area (Å²) in [7, 11) is 1.64. The van der Waals surface area contributed by atoms with Crippen LogP contribution in [0.1, 0.15) is 48.3 Å². The average molecular weight is 572 g/mol. The molecular formula is C32H30BrNO4. The van der Waals surface area contributed by atoms with Crippen LogP contribution >= 0.6 is 15.9 Å². The number of ketones is 1. The van der Waals surface area contributed by atoms with E-state index in [4.69, 9.17) is 9.47 Å². The molecule has 1 aliphatic carbocycles. The van der Waals surface area contributed by atoms with Crippen LogP contribution in [-0.4, -0.2) is 25.5 Å². The number of hydrogen-bond donors (Lipinski definition) is 1. The summed E-state index contributed by atoms with van der Waals surface area (Å²) < 4.78 is 11.9. The fourth-order valence-electron chi connectivity index (χ4n) is 5.43. The van der Waals surface area contributed by atoms with Gasteiger partial charge in [0.25, 0.3) is 0 Å². The molecule has 1 heterocycles. The van der Waals surface area contributed by atoms with Gasteiger partial charge in [-0.15, -0.1) is 0 Å². The summed E-state index contributed by atoms with van der Waals surface area (Å²) in [6.45, 7) is 2.16.